The monoisotopic (exact) mass is 328 g/mol. The van der Waals surface area contributed by atoms with Crippen LogP contribution in [0.3, 0.4) is 0 Å². The minimum absolute atomic E-state index is 0.0592. The first-order valence-electron chi connectivity index (χ1n) is 7.26. The van der Waals surface area contributed by atoms with Gasteiger partial charge in [-0.05, 0) is 32.4 Å². The number of sulfonamides is 1. The Bertz CT molecular complexity index is 563. The summed E-state index contributed by atoms with van der Waals surface area (Å²) in [6.07, 6.45) is 2.23. The molecule has 0 radical (unpaired) electrons. The second kappa shape index (κ2) is 8.70. The van der Waals surface area contributed by atoms with E-state index in [4.69, 9.17) is 0 Å². The number of rotatable bonds is 8. The molecule has 124 valence electrons. The third-order valence-electron chi connectivity index (χ3n) is 3.35. The van der Waals surface area contributed by atoms with Crippen LogP contribution in [0.4, 0.5) is 4.79 Å². The normalized spacial score (nSPS) is 12.7. The standard InChI is InChI=1S/C14H24N4O3S/c1-4-22(20,21)17-11-7-10-16-14(19)18(3)12(2)13-8-5-6-9-15-13/h5-6,8-9,12,17H,4,7,10-11H2,1-3H3,(H,16,19). The van der Waals surface area contributed by atoms with Crippen LogP contribution in [0.5, 0.6) is 0 Å². The van der Waals surface area contributed by atoms with E-state index in [1.807, 2.05) is 25.1 Å². The Labute approximate surface area is 132 Å². The van der Waals surface area contributed by atoms with E-state index in [1.54, 1.807) is 25.1 Å². The van der Waals surface area contributed by atoms with Crippen molar-refractivity contribution < 1.29 is 13.2 Å². The van der Waals surface area contributed by atoms with E-state index in [9.17, 15) is 13.2 Å². The van der Waals surface area contributed by atoms with Crippen LogP contribution in [0, 0.1) is 0 Å². The summed E-state index contributed by atoms with van der Waals surface area (Å²) in [6, 6.07) is 5.22. The zero-order chi connectivity index (χ0) is 16.6. The van der Waals surface area contributed by atoms with E-state index in [0.717, 1.165) is 5.69 Å². The number of nitrogens with zero attached hydrogens (tertiary/aromatic N) is 2. The fourth-order valence-corrected chi connectivity index (χ4v) is 2.39. The molecule has 22 heavy (non-hydrogen) atoms. The van der Waals surface area contributed by atoms with Gasteiger partial charge in [-0.3, -0.25) is 4.98 Å². The fourth-order valence-electron chi connectivity index (χ4n) is 1.74. The number of carbonyl (C=O) groups excluding carboxylic acids is 1. The van der Waals surface area contributed by atoms with Gasteiger partial charge in [-0.25, -0.2) is 17.9 Å². The van der Waals surface area contributed by atoms with Gasteiger partial charge in [0.05, 0.1) is 17.5 Å². The lowest BCUT2D eigenvalue weighted by molar-refractivity contribution is 0.193. The van der Waals surface area contributed by atoms with Crippen LogP contribution in [-0.2, 0) is 10.0 Å². The number of aromatic nitrogens is 1. The molecule has 0 aromatic carbocycles. The molecular weight excluding hydrogens is 304 g/mol. The van der Waals surface area contributed by atoms with Crippen molar-refractivity contribution in [2.75, 3.05) is 25.9 Å². The van der Waals surface area contributed by atoms with E-state index in [0.29, 0.717) is 19.5 Å². The molecule has 1 heterocycles. The summed E-state index contributed by atoms with van der Waals surface area (Å²) in [7, 11) is -1.46. The highest BCUT2D eigenvalue weighted by atomic mass is 32.2. The van der Waals surface area contributed by atoms with E-state index < -0.39 is 10.0 Å². The summed E-state index contributed by atoms with van der Waals surface area (Å²) < 4.78 is 24.9. The van der Waals surface area contributed by atoms with E-state index in [1.165, 1.54) is 0 Å². The number of carbonyl (C=O) groups is 1. The maximum absolute atomic E-state index is 12.0. The molecule has 8 heteroatoms. The van der Waals surface area contributed by atoms with Crippen molar-refractivity contribution in [1.82, 2.24) is 19.9 Å². The predicted molar refractivity (Wildman–Crippen MR) is 85.9 cm³/mol. The van der Waals surface area contributed by atoms with Gasteiger partial charge in [0.15, 0.2) is 0 Å². The zero-order valence-electron chi connectivity index (χ0n) is 13.2. The molecule has 0 spiro atoms. The maximum atomic E-state index is 12.0. The lowest BCUT2D eigenvalue weighted by Crippen LogP contribution is -2.40. The predicted octanol–water partition coefficient (Wildman–Crippen LogP) is 1.11. The van der Waals surface area contributed by atoms with E-state index in [-0.39, 0.29) is 17.8 Å². The van der Waals surface area contributed by atoms with Crippen molar-refractivity contribution in [2.24, 2.45) is 0 Å². The van der Waals surface area contributed by atoms with E-state index in [2.05, 4.69) is 15.0 Å². The molecule has 1 atom stereocenters. The number of hydrogen-bond acceptors (Lipinski definition) is 4. The van der Waals surface area contributed by atoms with Gasteiger partial charge in [0.1, 0.15) is 0 Å². The number of pyridine rings is 1. The molecule has 7 nitrogen and oxygen atoms in total. The first kappa shape index (κ1) is 18.4. The zero-order valence-corrected chi connectivity index (χ0v) is 14.1. The summed E-state index contributed by atoms with van der Waals surface area (Å²) in [5, 5.41) is 2.76. The average molecular weight is 328 g/mol. The molecule has 1 rings (SSSR count). The third-order valence-corrected chi connectivity index (χ3v) is 4.75. The van der Waals surface area contributed by atoms with Crippen LogP contribution in [0.25, 0.3) is 0 Å². The summed E-state index contributed by atoms with van der Waals surface area (Å²) in [6.45, 7) is 4.20. The molecule has 0 aliphatic rings. The molecule has 2 amide bonds. The highest BCUT2D eigenvalue weighted by Crippen LogP contribution is 2.15. The Balaban J connectivity index is 2.33. The van der Waals surface area contributed by atoms with Gasteiger partial charge in [-0.2, -0.15) is 0 Å². The smallest absolute Gasteiger partial charge is 0.317 e. The maximum Gasteiger partial charge on any atom is 0.317 e. The van der Waals surface area contributed by atoms with Gasteiger partial charge in [0, 0.05) is 26.3 Å². The average Bonchev–Trinajstić information content (AvgIpc) is 2.53. The summed E-state index contributed by atoms with van der Waals surface area (Å²) in [5.74, 6) is 0.0592. The Hall–Kier alpha value is -1.67. The fraction of sp³-hybridized carbons (Fsp3) is 0.571. The van der Waals surface area contributed by atoms with Crippen molar-refractivity contribution in [3.63, 3.8) is 0 Å². The minimum Gasteiger partial charge on any atom is -0.338 e. The second-order valence-electron chi connectivity index (χ2n) is 4.92. The largest absolute Gasteiger partial charge is 0.338 e. The van der Waals surface area contributed by atoms with Crippen molar-refractivity contribution in [3.05, 3.63) is 30.1 Å². The van der Waals surface area contributed by atoms with Gasteiger partial charge in [-0.15, -0.1) is 0 Å². The quantitative estimate of drug-likeness (QED) is 0.699. The Morgan fingerprint density at radius 2 is 2.09 bits per heavy atom. The van der Waals surface area contributed by atoms with Gasteiger partial charge < -0.3 is 10.2 Å². The Morgan fingerprint density at radius 3 is 2.68 bits per heavy atom. The lowest BCUT2D eigenvalue weighted by Gasteiger charge is -2.24. The van der Waals surface area contributed by atoms with Gasteiger partial charge in [0.2, 0.25) is 10.0 Å². The molecule has 1 aromatic rings. The summed E-state index contributed by atoms with van der Waals surface area (Å²) in [4.78, 5) is 17.8. The van der Waals surface area contributed by atoms with Crippen LogP contribution in [-0.4, -0.2) is 50.2 Å². The SMILES string of the molecule is CCS(=O)(=O)NCCCNC(=O)N(C)C(C)c1ccccn1. The van der Waals surface area contributed by atoms with Gasteiger partial charge >= 0.3 is 6.03 Å². The van der Waals surface area contributed by atoms with Crippen LogP contribution in [0.2, 0.25) is 0 Å². The van der Waals surface area contributed by atoms with Crippen LogP contribution in [0.15, 0.2) is 24.4 Å². The topological polar surface area (TPSA) is 91.4 Å². The Morgan fingerprint density at radius 1 is 1.36 bits per heavy atom. The molecule has 0 aliphatic heterocycles. The molecule has 0 fully saturated rings. The first-order valence-corrected chi connectivity index (χ1v) is 8.91. The Kier molecular flexibility index (Phi) is 7.26. The second-order valence-corrected chi connectivity index (χ2v) is 7.02. The highest BCUT2D eigenvalue weighted by Gasteiger charge is 2.17. The molecule has 0 aliphatic carbocycles. The van der Waals surface area contributed by atoms with Crippen molar-refractivity contribution in [1.29, 1.82) is 0 Å². The molecule has 1 unspecified atom stereocenters. The van der Waals surface area contributed by atoms with Crippen LogP contribution >= 0.6 is 0 Å². The molecule has 2 N–H and O–H groups in total. The van der Waals surface area contributed by atoms with Crippen molar-refractivity contribution >= 4 is 16.1 Å². The number of urea groups is 1. The number of nitrogens with one attached hydrogen (secondary N) is 2. The molecule has 1 aromatic heterocycles. The van der Waals surface area contributed by atoms with Crippen LogP contribution in [0.1, 0.15) is 32.0 Å². The van der Waals surface area contributed by atoms with E-state index >= 15 is 0 Å². The van der Waals surface area contributed by atoms with Crippen LogP contribution < -0.4 is 10.0 Å². The minimum atomic E-state index is -3.17. The lowest BCUT2D eigenvalue weighted by atomic mass is 10.2. The van der Waals surface area contributed by atoms with Gasteiger partial charge in [0.25, 0.3) is 0 Å². The number of amides is 2. The molecule has 0 saturated heterocycles. The third kappa shape index (κ3) is 5.98. The molecule has 0 bridgehead atoms. The van der Waals surface area contributed by atoms with Crippen molar-refractivity contribution in [3.8, 4) is 0 Å². The van der Waals surface area contributed by atoms with Gasteiger partial charge in [-0.1, -0.05) is 6.07 Å². The first-order chi connectivity index (χ1) is 10.4. The number of hydrogen-bond donors (Lipinski definition) is 2. The summed E-state index contributed by atoms with van der Waals surface area (Å²) in [5.41, 5.74) is 0.816. The molecule has 0 saturated carbocycles. The molecular formula is C14H24N4O3S. The van der Waals surface area contributed by atoms with Crippen molar-refractivity contribution in [2.45, 2.75) is 26.3 Å². The summed E-state index contributed by atoms with van der Waals surface area (Å²) >= 11 is 0. The highest BCUT2D eigenvalue weighted by molar-refractivity contribution is 7.89.